The van der Waals surface area contributed by atoms with Gasteiger partial charge in [0, 0.05) is 33.3 Å². The molecule has 0 saturated heterocycles. The van der Waals surface area contributed by atoms with E-state index in [-0.39, 0.29) is 5.91 Å². The molecule has 4 rings (SSSR count). The molecule has 1 heterocycles. The van der Waals surface area contributed by atoms with Gasteiger partial charge in [0.1, 0.15) is 5.01 Å². The Kier molecular flexibility index (Phi) is 6.07. The summed E-state index contributed by atoms with van der Waals surface area (Å²) in [6, 6.07) is 23.3. The van der Waals surface area contributed by atoms with Gasteiger partial charge >= 0.3 is 0 Å². The minimum atomic E-state index is -0.210. The van der Waals surface area contributed by atoms with E-state index >= 15 is 0 Å². The summed E-state index contributed by atoms with van der Waals surface area (Å²) in [7, 11) is 0. The van der Waals surface area contributed by atoms with Crippen molar-refractivity contribution in [3.8, 4) is 21.8 Å². The maximum Gasteiger partial charge on any atom is 0.248 e. The van der Waals surface area contributed by atoms with Gasteiger partial charge in [0.15, 0.2) is 0 Å². The van der Waals surface area contributed by atoms with Crippen LogP contribution >= 0.6 is 22.9 Å². The molecule has 0 aliphatic rings. The van der Waals surface area contributed by atoms with Crippen LogP contribution in [0.25, 0.3) is 27.9 Å². The number of nitrogens with zero attached hydrogens (tertiary/aromatic N) is 1. The van der Waals surface area contributed by atoms with Gasteiger partial charge in [-0.25, -0.2) is 4.98 Å². The predicted octanol–water partition coefficient (Wildman–Crippen LogP) is 7.09. The van der Waals surface area contributed by atoms with Crippen LogP contribution in [0.4, 0.5) is 5.69 Å². The first kappa shape index (κ1) is 20.1. The zero-order chi connectivity index (χ0) is 20.9. The topological polar surface area (TPSA) is 42.0 Å². The van der Waals surface area contributed by atoms with Gasteiger partial charge in [-0.15, -0.1) is 11.3 Å². The van der Waals surface area contributed by atoms with Crippen molar-refractivity contribution >= 4 is 40.6 Å². The monoisotopic (exact) mass is 430 g/mol. The lowest BCUT2D eigenvalue weighted by atomic mass is 10.1. The van der Waals surface area contributed by atoms with Crippen LogP contribution in [0.3, 0.4) is 0 Å². The number of nitrogens with one attached hydrogen (secondary N) is 1. The van der Waals surface area contributed by atoms with Crippen molar-refractivity contribution in [2.45, 2.75) is 6.92 Å². The first-order valence-corrected chi connectivity index (χ1v) is 10.7. The average Bonchev–Trinajstić information content (AvgIpc) is 3.24. The molecule has 1 aromatic heterocycles. The Morgan fingerprint density at radius 2 is 1.73 bits per heavy atom. The van der Waals surface area contributed by atoms with Gasteiger partial charge in [0.25, 0.3) is 0 Å². The summed E-state index contributed by atoms with van der Waals surface area (Å²) < 4.78 is 0. The highest BCUT2D eigenvalue weighted by molar-refractivity contribution is 7.13. The van der Waals surface area contributed by atoms with E-state index in [0.29, 0.717) is 5.02 Å². The first-order chi connectivity index (χ1) is 14.6. The molecule has 0 spiro atoms. The van der Waals surface area contributed by atoms with Gasteiger partial charge < -0.3 is 5.32 Å². The Balaban J connectivity index is 1.44. The number of anilines is 1. The molecule has 5 heteroatoms. The number of benzene rings is 3. The van der Waals surface area contributed by atoms with Crippen molar-refractivity contribution in [1.82, 2.24) is 4.98 Å². The number of amides is 1. The normalized spacial score (nSPS) is 11.0. The smallest absolute Gasteiger partial charge is 0.248 e. The first-order valence-electron chi connectivity index (χ1n) is 9.46. The molecule has 0 aliphatic heterocycles. The molecule has 0 bridgehead atoms. The highest BCUT2D eigenvalue weighted by Gasteiger charge is 2.09. The molecule has 0 unspecified atom stereocenters. The van der Waals surface area contributed by atoms with E-state index in [1.807, 2.05) is 54.6 Å². The Hall–Kier alpha value is -3.21. The summed E-state index contributed by atoms with van der Waals surface area (Å²) in [6.07, 6.45) is 3.18. The van der Waals surface area contributed by atoms with Gasteiger partial charge in [0.2, 0.25) is 5.91 Å². The van der Waals surface area contributed by atoms with Crippen molar-refractivity contribution in [1.29, 1.82) is 0 Å². The van der Waals surface area contributed by atoms with E-state index in [9.17, 15) is 4.79 Å². The lowest BCUT2D eigenvalue weighted by Crippen LogP contribution is -2.07. The third-order valence-electron chi connectivity index (χ3n) is 4.65. The quantitative estimate of drug-likeness (QED) is 0.343. The molecule has 30 heavy (non-hydrogen) atoms. The van der Waals surface area contributed by atoms with Crippen molar-refractivity contribution in [3.63, 3.8) is 0 Å². The minimum absolute atomic E-state index is 0.210. The number of hydrogen-bond donors (Lipinski definition) is 1. The number of hydrogen-bond acceptors (Lipinski definition) is 3. The highest BCUT2D eigenvalue weighted by atomic mass is 35.5. The fourth-order valence-corrected chi connectivity index (χ4v) is 4.14. The van der Waals surface area contributed by atoms with Crippen LogP contribution in [0.5, 0.6) is 0 Å². The van der Waals surface area contributed by atoms with Crippen molar-refractivity contribution in [2.24, 2.45) is 0 Å². The molecular weight excluding hydrogens is 412 g/mol. The van der Waals surface area contributed by atoms with Crippen LogP contribution in [0.1, 0.15) is 11.1 Å². The minimum Gasteiger partial charge on any atom is -0.323 e. The summed E-state index contributed by atoms with van der Waals surface area (Å²) >= 11 is 7.74. The van der Waals surface area contributed by atoms with Crippen LogP contribution in [-0.4, -0.2) is 10.9 Å². The average molecular weight is 431 g/mol. The molecule has 3 nitrogen and oxygen atoms in total. The standard InChI is InChI=1S/C25H19ClN2OS/c1-17-6-2-4-8-21(17)25-28-23(16-30-25)19-10-13-20(14-11-19)27-24(29)15-12-18-7-3-5-9-22(18)26/h2-16H,1H3,(H,27,29)/b15-12+. The highest BCUT2D eigenvalue weighted by Crippen LogP contribution is 2.31. The SMILES string of the molecule is Cc1ccccc1-c1nc(-c2ccc(NC(=O)/C=C/c3ccccc3Cl)cc2)cs1. The molecule has 4 aromatic rings. The maximum absolute atomic E-state index is 12.2. The van der Waals surface area contributed by atoms with Gasteiger partial charge in [-0.1, -0.05) is 66.2 Å². The third-order valence-corrected chi connectivity index (χ3v) is 5.87. The maximum atomic E-state index is 12.2. The molecule has 0 aliphatic carbocycles. The van der Waals surface area contributed by atoms with Crippen molar-refractivity contribution in [3.05, 3.63) is 100 Å². The fraction of sp³-hybridized carbons (Fsp3) is 0.0400. The van der Waals surface area contributed by atoms with E-state index in [2.05, 4.69) is 29.8 Å². The number of thiazole rings is 1. The van der Waals surface area contributed by atoms with Crippen LogP contribution in [-0.2, 0) is 4.79 Å². The molecule has 0 radical (unpaired) electrons. The summed E-state index contributed by atoms with van der Waals surface area (Å²) in [5.74, 6) is -0.210. The zero-order valence-corrected chi connectivity index (χ0v) is 17.9. The van der Waals surface area contributed by atoms with E-state index in [4.69, 9.17) is 16.6 Å². The third kappa shape index (κ3) is 4.67. The zero-order valence-electron chi connectivity index (χ0n) is 16.3. The van der Waals surface area contributed by atoms with Crippen LogP contribution in [0.15, 0.2) is 84.3 Å². The number of halogens is 1. The molecule has 1 N–H and O–H groups in total. The van der Waals surface area contributed by atoms with Crippen LogP contribution in [0, 0.1) is 6.92 Å². The molecular formula is C25H19ClN2OS. The number of carbonyl (C=O) groups is 1. The molecule has 1 amide bonds. The number of carbonyl (C=O) groups excluding carboxylic acids is 1. The fourth-order valence-electron chi connectivity index (χ4n) is 3.03. The number of aryl methyl sites for hydroxylation is 1. The van der Waals surface area contributed by atoms with E-state index in [1.54, 1.807) is 23.5 Å². The Morgan fingerprint density at radius 1 is 1.00 bits per heavy atom. The van der Waals surface area contributed by atoms with E-state index in [1.165, 1.54) is 11.6 Å². The lowest BCUT2D eigenvalue weighted by molar-refractivity contribution is -0.111. The molecule has 0 saturated carbocycles. The Morgan fingerprint density at radius 3 is 2.50 bits per heavy atom. The summed E-state index contributed by atoms with van der Waals surface area (Å²) in [5.41, 5.74) is 5.83. The van der Waals surface area contributed by atoms with E-state index in [0.717, 1.165) is 33.1 Å². The Labute approximate surface area is 184 Å². The van der Waals surface area contributed by atoms with Gasteiger partial charge in [-0.2, -0.15) is 0 Å². The largest absolute Gasteiger partial charge is 0.323 e. The molecule has 0 fully saturated rings. The summed E-state index contributed by atoms with van der Waals surface area (Å²) in [4.78, 5) is 17.0. The van der Waals surface area contributed by atoms with Crippen LogP contribution in [0.2, 0.25) is 5.02 Å². The van der Waals surface area contributed by atoms with E-state index < -0.39 is 0 Å². The van der Waals surface area contributed by atoms with Gasteiger partial charge in [-0.3, -0.25) is 4.79 Å². The van der Waals surface area contributed by atoms with Gasteiger partial charge in [-0.05, 0) is 42.3 Å². The molecule has 0 atom stereocenters. The second-order valence-corrected chi connectivity index (χ2v) is 8.04. The van der Waals surface area contributed by atoms with Crippen molar-refractivity contribution < 1.29 is 4.79 Å². The molecule has 3 aromatic carbocycles. The number of aromatic nitrogens is 1. The summed E-state index contributed by atoms with van der Waals surface area (Å²) in [6.45, 7) is 2.09. The summed E-state index contributed by atoms with van der Waals surface area (Å²) in [5, 5.41) is 6.53. The second-order valence-electron chi connectivity index (χ2n) is 6.77. The Bertz CT molecular complexity index is 1210. The molecule has 148 valence electrons. The van der Waals surface area contributed by atoms with Crippen molar-refractivity contribution in [2.75, 3.05) is 5.32 Å². The second kappa shape index (κ2) is 9.08. The lowest BCUT2D eigenvalue weighted by Gasteiger charge is -2.04. The predicted molar refractivity (Wildman–Crippen MR) is 127 cm³/mol. The number of rotatable bonds is 5. The van der Waals surface area contributed by atoms with Crippen LogP contribution < -0.4 is 5.32 Å². The van der Waals surface area contributed by atoms with Gasteiger partial charge in [0.05, 0.1) is 5.69 Å².